The molecule has 11 heteroatoms. The van der Waals surface area contributed by atoms with E-state index < -0.39 is 26.0 Å². The third-order valence-electron chi connectivity index (χ3n) is 5.31. The normalized spacial score (nSPS) is 15.6. The van der Waals surface area contributed by atoms with Crippen molar-refractivity contribution in [1.29, 1.82) is 0 Å². The van der Waals surface area contributed by atoms with Crippen LogP contribution < -0.4 is 5.32 Å². The van der Waals surface area contributed by atoms with E-state index in [1.165, 1.54) is 37.4 Å². The van der Waals surface area contributed by atoms with Crippen LogP contribution in [0.3, 0.4) is 0 Å². The predicted octanol–water partition coefficient (Wildman–Crippen LogP) is 1.92. The highest BCUT2D eigenvalue weighted by molar-refractivity contribution is 7.89. The fourth-order valence-corrected chi connectivity index (χ4v) is 5.79. The fourth-order valence-electron chi connectivity index (χ4n) is 3.45. The predicted molar refractivity (Wildman–Crippen MR) is 128 cm³/mol. The lowest BCUT2D eigenvalue weighted by molar-refractivity contribution is -0.870. The Morgan fingerprint density at radius 1 is 1.06 bits per heavy atom. The van der Waals surface area contributed by atoms with Crippen molar-refractivity contribution in [1.82, 2.24) is 9.62 Å². The first-order valence-corrected chi connectivity index (χ1v) is 13.5. The molecule has 0 radical (unpaired) electrons. The lowest BCUT2D eigenvalue weighted by Gasteiger charge is -2.30. The summed E-state index contributed by atoms with van der Waals surface area (Å²) in [5.41, 5.74) is 0.480. The van der Waals surface area contributed by atoms with Gasteiger partial charge in [-0.25, -0.2) is 8.42 Å². The molecule has 3 rings (SSSR count). The first-order valence-electron chi connectivity index (χ1n) is 10.7. The van der Waals surface area contributed by atoms with Gasteiger partial charge >= 0.3 is 10.1 Å². The van der Waals surface area contributed by atoms with Crippen LogP contribution in [0.15, 0.2) is 64.0 Å². The summed E-state index contributed by atoms with van der Waals surface area (Å²) in [6, 6.07) is 11.9. The summed E-state index contributed by atoms with van der Waals surface area (Å²) < 4.78 is 59.3. The number of likely N-dealkylation sites (N-methyl/N-ethyl adjacent to an activating group) is 1. The van der Waals surface area contributed by atoms with Crippen LogP contribution in [-0.2, 0) is 29.1 Å². The Hall–Kier alpha value is -2.89. The van der Waals surface area contributed by atoms with E-state index in [4.69, 9.17) is 4.18 Å². The van der Waals surface area contributed by atoms with Gasteiger partial charge in [0.2, 0.25) is 0 Å². The average molecular weight is 509 g/mol. The number of carbonyl (C=O) groups is 1. The van der Waals surface area contributed by atoms with Crippen molar-refractivity contribution in [3.8, 4) is 0 Å². The zero-order valence-electron chi connectivity index (χ0n) is 19.9. The summed E-state index contributed by atoms with van der Waals surface area (Å²) in [6.07, 6.45) is 0.646. The van der Waals surface area contributed by atoms with Gasteiger partial charge in [0, 0.05) is 25.6 Å². The van der Waals surface area contributed by atoms with Gasteiger partial charge in [-0.2, -0.15) is 8.42 Å². The largest absolute Gasteiger partial charge is 0.376 e. The Balaban J connectivity index is 2.07. The molecule has 1 heterocycles. The van der Waals surface area contributed by atoms with Gasteiger partial charge in [0.15, 0.2) is 11.5 Å². The van der Waals surface area contributed by atoms with Gasteiger partial charge in [-0.15, -0.1) is 0 Å². The summed E-state index contributed by atoms with van der Waals surface area (Å²) in [7, 11) is -1.19. The smallest absolute Gasteiger partial charge is 0.339 e. The van der Waals surface area contributed by atoms with Crippen molar-refractivity contribution in [3.05, 3.63) is 65.4 Å². The number of carbonyl (C=O) groups excluding carboxylic acids is 1. The number of quaternary nitrogens is 1. The third-order valence-corrected chi connectivity index (χ3v) is 8.36. The molecule has 1 aliphatic heterocycles. The molecule has 1 N–H and O–H groups in total. The van der Waals surface area contributed by atoms with Crippen LogP contribution in [0, 0.1) is 6.92 Å². The van der Waals surface area contributed by atoms with Crippen LogP contribution in [0.1, 0.15) is 17.5 Å². The molecule has 9 nitrogen and oxygen atoms in total. The summed E-state index contributed by atoms with van der Waals surface area (Å²) in [6.45, 7) is 2.88. The molecule has 0 saturated carbocycles. The van der Waals surface area contributed by atoms with Crippen molar-refractivity contribution in [2.24, 2.45) is 0 Å². The first-order chi connectivity index (χ1) is 15.7. The topological polar surface area (TPSA) is 110 Å². The van der Waals surface area contributed by atoms with Gasteiger partial charge in [-0.1, -0.05) is 29.8 Å². The van der Waals surface area contributed by atoms with Crippen molar-refractivity contribution in [2.45, 2.75) is 23.1 Å². The highest BCUT2D eigenvalue weighted by Crippen LogP contribution is 2.38. The maximum Gasteiger partial charge on any atom is 0.339 e. The maximum atomic E-state index is 13.2. The number of amides is 1. The van der Waals surface area contributed by atoms with Gasteiger partial charge in [-0.05, 0) is 31.2 Å². The highest BCUT2D eigenvalue weighted by Gasteiger charge is 2.40. The van der Waals surface area contributed by atoms with E-state index in [1.807, 2.05) is 28.1 Å². The number of hydrogen-bond donors (Lipinski definition) is 1. The quantitative estimate of drug-likeness (QED) is 0.331. The zero-order valence-corrected chi connectivity index (χ0v) is 21.5. The molecule has 0 bridgehead atoms. The minimum atomic E-state index is -4.35. The molecule has 0 saturated heterocycles. The summed E-state index contributed by atoms with van der Waals surface area (Å²) in [5.74, 6) is -1.08. The monoisotopic (exact) mass is 508 g/mol. The third kappa shape index (κ3) is 5.43. The van der Waals surface area contributed by atoms with E-state index >= 15 is 0 Å². The number of nitrogens with zero attached hydrogens (tertiary/aromatic N) is 2. The molecule has 2 aromatic rings. The molecule has 1 amide bonds. The number of benzene rings is 2. The summed E-state index contributed by atoms with van der Waals surface area (Å²) >= 11 is 0. The van der Waals surface area contributed by atoms with Crippen molar-refractivity contribution in [2.75, 3.05) is 41.3 Å². The van der Waals surface area contributed by atoms with Gasteiger partial charge in [-0.3, -0.25) is 9.10 Å². The number of sulfonamides is 1. The summed E-state index contributed by atoms with van der Waals surface area (Å²) in [4.78, 5) is 12.9. The fraction of sp³-hybridized carbons (Fsp3) is 0.348. The Morgan fingerprint density at radius 2 is 1.68 bits per heavy atom. The standard InChI is InChI=1S/C23H29N3O6S2/c1-17-11-13-18(14-12-17)34(30,31)32-22-19-9-6-7-10-20(19)33(28,29)25(2)21(22)23(27)24-15-8-16-26(3,4)5/h6-7,9-14H,8,15-16H2,1-5H3/p+1. The zero-order chi connectivity index (χ0) is 25.3. The maximum absolute atomic E-state index is 13.2. The van der Waals surface area contributed by atoms with E-state index in [0.717, 1.165) is 16.4 Å². The Kier molecular flexibility index (Phi) is 7.11. The number of fused-ring (bicyclic) bond motifs is 1. The van der Waals surface area contributed by atoms with Crippen molar-refractivity contribution in [3.63, 3.8) is 0 Å². The Morgan fingerprint density at radius 3 is 2.29 bits per heavy atom. The number of aryl methyl sites for hydroxylation is 1. The molecule has 0 spiro atoms. The van der Waals surface area contributed by atoms with Crippen LogP contribution in [-0.4, -0.2) is 72.8 Å². The molecule has 0 aromatic heterocycles. The molecule has 1 aliphatic rings. The molecule has 0 atom stereocenters. The highest BCUT2D eigenvalue weighted by atomic mass is 32.2. The molecule has 2 aromatic carbocycles. The van der Waals surface area contributed by atoms with E-state index in [9.17, 15) is 21.6 Å². The van der Waals surface area contributed by atoms with Crippen LogP contribution in [0.4, 0.5) is 0 Å². The SMILES string of the molecule is Cc1ccc(S(=O)(=O)OC2=C(C(=O)NCCC[N+](C)(C)C)N(C)S(=O)(=O)c3ccccc32)cc1. The average Bonchev–Trinajstić information content (AvgIpc) is 2.75. The van der Waals surface area contributed by atoms with Crippen molar-refractivity contribution >= 4 is 31.8 Å². The second-order valence-corrected chi connectivity index (χ2v) is 12.6. The minimum absolute atomic E-state index is 0.00722. The molecule has 34 heavy (non-hydrogen) atoms. The van der Waals surface area contributed by atoms with Crippen LogP contribution >= 0.6 is 0 Å². The molecule has 0 aliphatic carbocycles. The molecule has 184 valence electrons. The lowest BCUT2D eigenvalue weighted by Crippen LogP contribution is -2.42. The van der Waals surface area contributed by atoms with Gasteiger partial charge in [0.05, 0.1) is 32.6 Å². The molecule has 0 unspecified atom stereocenters. The number of rotatable bonds is 8. The lowest BCUT2D eigenvalue weighted by atomic mass is 10.1. The van der Waals surface area contributed by atoms with E-state index in [1.54, 1.807) is 18.2 Å². The Bertz CT molecular complexity index is 1330. The van der Waals surface area contributed by atoms with Crippen LogP contribution in [0.2, 0.25) is 0 Å². The number of hydrogen-bond acceptors (Lipinski definition) is 6. The van der Waals surface area contributed by atoms with E-state index in [2.05, 4.69) is 5.32 Å². The second-order valence-electron chi connectivity index (χ2n) is 9.12. The van der Waals surface area contributed by atoms with Crippen LogP contribution in [0.5, 0.6) is 0 Å². The van der Waals surface area contributed by atoms with Gasteiger partial charge < -0.3 is 14.0 Å². The summed E-state index contributed by atoms with van der Waals surface area (Å²) in [5, 5.41) is 2.70. The second kappa shape index (κ2) is 9.40. The van der Waals surface area contributed by atoms with Gasteiger partial charge in [0.25, 0.3) is 15.9 Å². The van der Waals surface area contributed by atoms with Gasteiger partial charge in [0.1, 0.15) is 4.90 Å². The van der Waals surface area contributed by atoms with Crippen molar-refractivity contribution < 1.29 is 30.3 Å². The molecular formula is C23H30N3O6S2+. The molecular weight excluding hydrogens is 478 g/mol. The van der Waals surface area contributed by atoms with E-state index in [-0.39, 0.29) is 33.4 Å². The number of nitrogens with one attached hydrogen (secondary N) is 1. The van der Waals surface area contributed by atoms with Crippen LogP contribution in [0.25, 0.3) is 5.76 Å². The first kappa shape index (κ1) is 25.7. The molecule has 0 fully saturated rings. The minimum Gasteiger partial charge on any atom is -0.376 e. The van der Waals surface area contributed by atoms with E-state index in [0.29, 0.717) is 10.9 Å². The Labute approximate surface area is 201 Å².